The van der Waals surface area contributed by atoms with E-state index in [4.69, 9.17) is 9.47 Å². The number of esters is 1. The third-order valence-corrected chi connectivity index (χ3v) is 12.7. The first-order valence-corrected chi connectivity index (χ1v) is 20.4. The number of fused-ring (bicyclic) bond motifs is 1. The van der Waals surface area contributed by atoms with Crippen molar-refractivity contribution < 1.29 is 45.6 Å². The SMILES string of the molecule is CCCC(=O)Nc1cc(C[n+]2ccn3cc(C(=O)NCc4ccc(S(=O)(=O)c5cc(F)cc(F)c5)cc4)ccc32)ccc1C[C@@H]1O[C@H](C(=O)OC)[C@@H](C)[C@H](C)[C@H]1C. The van der Waals surface area contributed by atoms with Crippen LogP contribution in [0.15, 0.2) is 101 Å². The molecule has 6 rings (SSSR count). The van der Waals surface area contributed by atoms with E-state index in [2.05, 4.69) is 24.5 Å². The van der Waals surface area contributed by atoms with Gasteiger partial charge in [0.2, 0.25) is 15.7 Å². The maximum absolute atomic E-state index is 13.7. The number of imidazole rings is 1. The zero-order chi connectivity index (χ0) is 41.0. The fraction of sp³-hybridized carbons (Fsp3) is 0.349. The molecule has 2 amide bonds. The highest BCUT2D eigenvalue weighted by atomic mass is 32.2. The maximum Gasteiger partial charge on any atom is 0.335 e. The highest BCUT2D eigenvalue weighted by Crippen LogP contribution is 2.38. The van der Waals surface area contributed by atoms with Gasteiger partial charge in [-0.25, -0.2) is 31.0 Å². The van der Waals surface area contributed by atoms with Gasteiger partial charge in [-0.15, -0.1) is 0 Å². The van der Waals surface area contributed by atoms with Crippen LogP contribution in [0.3, 0.4) is 0 Å². The van der Waals surface area contributed by atoms with Crippen molar-refractivity contribution in [3.8, 4) is 0 Å². The second kappa shape index (κ2) is 17.3. The van der Waals surface area contributed by atoms with Gasteiger partial charge in [0.15, 0.2) is 6.10 Å². The van der Waals surface area contributed by atoms with Crippen LogP contribution in [-0.4, -0.2) is 49.9 Å². The van der Waals surface area contributed by atoms with Crippen molar-refractivity contribution in [1.82, 2.24) is 9.72 Å². The van der Waals surface area contributed by atoms with E-state index < -0.39 is 32.5 Å². The first kappa shape index (κ1) is 41.2. The van der Waals surface area contributed by atoms with Crippen molar-refractivity contribution in [3.05, 3.63) is 125 Å². The minimum absolute atomic E-state index is 0.000530. The summed E-state index contributed by atoms with van der Waals surface area (Å²) in [6.07, 6.45) is 6.13. The molecule has 0 bridgehead atoms. The number of ether oxygens (including phenoxy) is 2. The number of rotatable bonds is 13. The van der Waals surface area contributed by atoms with Gasteiger partial charge >= 0.3 is 5.97 Å². The molecule has 0 aliphatic carbocycles. The van der Waals surface area contributed by atoms with Gasteiger partial charge in [-0.2, -0.15) is 0 Å². The van der Waals surface area contributed by atoms with Crippen LogP contribution < -0.4 is 15.2 Å². The monoisotopic (exact) mass is 801 g/mol. The molecule has 57 heavy (non-hydrogen) atoms. The number of anilines is 1. The van der Waals surface area contributed by atoms with E-state index in [0.29, 0.717) is 48.7 Å². The summed E-state index contributed by atoms with van der Waals surface area (Å²) in [6.45, 7) is 8.81. The minimum Gasteiger partial charge on any atom is -0.467 e. The van der Waals surface area contributed by atoms with Gasteiger partial charge in [0.25, 0.3) is 11.6 Å². The number of carbonyl (C=O) groups is 3. The molecule has 14 heteroatoms. The number of nitrogens with one attached hydrogen (secondary N) is 2. The van der Waals surface area contributed by atoms with Crippen LogP contribution in [0.5, 0.6) is 0 Å². The van der Waals surface area contributed by atoms with Gasteiger partial charge in [0.05, 0.1) is 28.6 Å². The fourth-order valence-electron chi connectivity index (χ4n) is 7.28. The quantitative estimate of drug-likeness (QED) is 0.103. The molecular weight excluding hydrogens is 755 g/mol. The largest absolute Gasteiger partial charge is 0.467 e. The van der Waals surface area contributed by atoms with E-state index in [9.17, 15) is 31.6 Å². The third kappa shape index (κ3) is 9.23. The van der Waals surface area contributed by atoms with Gasteiger partial charge in [0.1, 0.15) is 36.8 Å². The lowest BCUT2D eigenvalue weighted by Gasteiger charge is -2.42. The molecule has 1 saturated heterocycles. The van der Waals surface area contributed by atoms with Crippen LogP contribution in [0.4, 0.5) is 14.5 Å². The summed E-state index contributed by atoms with van der Waals surface area (Å²) in [5, 5.41) is 5.95. The maximum atomic E-state index is 13.7. The standard InChI is InChI=1S/C43H46F2N4O7S/c1-6-7-39(50)47-37-18-30(8-11-31(37)19-38-27(3)26(2)28(4)41(56-38)43(52)55-5)24-48-16-17-49-25-32(12-15-40(48)49)42(51)46-23-29-9-13-35(14-10-29)57(53,54)36-21-33(44)20-34(45)22-36/h8-18,20-22,25-28,38,41H,6-7,19,23-24H2,1-5H3,(H-,46,47,50,51)/p+1/t26-,27-,28+,38+,41+/m1/s1. The molecule has 5 atom stereocenters. The van der Waals surface area contributed by atoms with Crippen molar-refractivity contribution in [2.75, 3.05) is 12.4 Å². The van der Waals surface area contributed by atoms with Crippen LogP contribution in [-0.2, 0) is 48.4 Å². The number of carbonyl (C=O) groups excluding carboxylic acids is 3. The first-order chi connectivity index (χ1) is 27.2. The van der Waals surface area contributed by atoms with E-state index in [1.165, 1.54) is 31.4 Å². The second-order valence-corrected chi connectivity index (χ2v) is 16.7. The molecule has 1 fully saturated rings. The highest BCUT2D eigenvalue weighted by molar-refractivity contribution is 7.91. The van der Waals surface area contributed by atoms with Crippen LogP contribution in [0.25, 0.3) is 5.65 Å². The Morgan fingerprint density at radius 3 is 2.26 bits per heavy atom. The van der Waals surface area contributed by atoms with E-state index in [-0.39, 0.29) is 53.1 Å². The Kier molecular flexibility index (Phi) is 12.5. The molecule has 0 spiro atoms. The molecule has 2 aromatic heterocycles. The summed E-state index contributed by atoms with van der Waals surface area (Å²) in [5.74, 6) is -2.42. The van der Waals surface area contributed by atoms with Crippen molar-refractivity contribution in [2.24, 2.45) is 17.8 Å². The van der Waals surface area contributed by atoms with E-state index in [1.807, 2.05) is 59.5 Å². The van der Waals surface area contributed by atoms with E-state index in [1.54, 1.807) is 12.3 Å². The summed E-state index contributed by atoms with van der Waals surface area (Å²) < 4.78 is 68.3. The fourth-order valence-corrected chi connectivity index (χ4v) is 8.58. The summed E-state index contributed by atoms with van der Waals surface area (Å²) in [4.78, 5) is 37.9. The van der Waals surface area contributed by atoms with E-state index >= 15 is 0 Å². The van der Waals surface area contributed by atoms with Crippen LogP contribution >= 0.6 is 0 Å². The Labute approximate surface area is 330 Å². The number of hydrogen-bond acceptors (Lipinski definition) is 7. The Balaban J connectivity index is 1.14. The molecule has 300 valence electrons. The predicted molar refractivity (Wildman–Crippen MR) is 208 cm³/mol. The zero-order valence-electron chi connectivity index (χ0n) is 32.5. The topological polar surface area (TPSA) is 136 Å². The number of halogens is 2. The number of methoxy groups -OCH3 is 1. The summed E-state index contributed by atoms with van der Waals surface area (Å²) >= 11 is 0. The number of pyridine rings is 1. The molecular formula is C43H47F2N4O7S+. The van der Waals surface area contributed by atoms with Gasteiger partial charge in [-0.1, -0.05) is 52.0 Å². The lowest BCUT2D eigenvalue weighted by Crippen LogP contribution is -2.49. The normalized spacial score (nSPS) is 19.6. The smallest absolute Gasteiger partial charge is 0.335 e. The van der Waals surface area contributed by atoms with E-state index in [0.717, 1.165) is 28.9 Å². The average Bonchev–Trinajstić information content (AvgIpc) is 3.59. The number of amides is 2. The van der Waals surface area contributed by atoms with Gasteiger partial charge in [0, 0.05) is 37.2 Å². The highest BCUT2D eigenvalue weighted by Gasteiger charge is 2.43. The summed E-state index contributed by atoms with van der Waals surface area (Å²) in [7, 11) is -2.78. The third-order valence-electron chi connectivity index (χ3n) is 10.9. The Morgan fingerprint density at radius 2 is 1.58 bits per heavy atom. The molecule has 0 radical (unpaired) electrons. The van der Waals surface area contributed by atoms with Crippen LogP contribution in [0.2, 0.25) is 0 Å². The van der Waals surface area contributed by atoms with Crippen LogP contribution in [0, 0.1) is 29.4 Å². The average molecular weight is 802 g/mol. The zero-order valence-corrected chi connectivity index (χ0v) is 33.3. The lowest BCUT2D eigenvalue weighted by atomic mass is 9.75. The molecule has 0 saturated carbocycles. The van der Waals surface area contributed by atoms with Crippen molar-refractivity contribution >= 4 is 39.0 Å². The Bertz CT molecular complexity index is 2380. The number of aromatic nitrogens is 2. The summed E-state index contributed by atoms with van der Waals surface area (Å²) in [5.41, 5.74) is 4.40. The Morgan fingerprint density at radius 1 is 0.877 bits per heavy atom. The molecule has 2 N–H and O–H groups in total. The number of nitrogens with zero attached hydrogens (tertiary/aromatic N) is 2. The first-order valence-electron chi connectivity index (χ1n) is 18.9. The molecule has 1 aliphatic heterocycles. The molecule has 0 unspecified atom stereocenters. The Hall–Kier alpha value is -5.47. The summed E-state index contributed by atoms with van der Waals surface area (Å²) in [6, 6.07) is 17.4. The van der Waals surface area contributed by atoms with Gasteiger partial charge in [-0.05, 0) is 77.3 Å². The molecule has 3 aromatic carbocycles. The number of sulfone groups is 1. The predicted octanol–water partition coefficient (Wildman–Crippen LogP) is 6.45. The van der Waals surface area contributed by atoms with Gasteiger partial charge in [-0.3, -0.25) is 9.59 Å². The lowest BCUT2D eigenvalue weighted by molar-refractivity contribution is -0.661. The number of hydrogen-bond donors (Lipinski definition) is 2. The van der Waals surface area contributed by atoms with Crippen molar-refractivity contribution in [3.63, 3.8) is 0 Å². The number of benzene rings is 3. The molecule has 1 aliphatic rings. The second-order valence-electron chi connectivity index (χ2n) is 14.7. The minimum atomic E-state index is -4.15. The van der Waals surface area contributed by atoms with Crippen molar-refractivity contribution in [2.45, 2.75) is 82.0 Å². The van der Waals surface area contributed by atoms with Crippen LogP contribution in [0.1, 0.15) is 67.6 Å². The molecule has 3 heterocycles. The molecule has 11 nitrogen and oxygen atoms in total. The van der Waals surface area contributed by atoms with Gasteiger partial charge < -0.3 is 20.1 Å². The van der Waals surface area contributed by atoms with Crippen molar-refractivity contribution in [1.29, 1.82) is 0 Å². The molecule has 5 aromatic rings.